The number of hydrogen-bond donors (Lipinski definition) is 1. The second-order valence-electron chi connectivity index (χ2n) is 10.9. The number of ether oxygens (including phenoxy) is 2. The first-order valence-corrected chi connectivity index (χ1v) is 14.4. The van der Waals surface area contributed by atoms with Gasteiger partial charge in [0.2, 0.25) is 5.95 Å². The van der Waals surface area contributed by atoms with Crippen molar-refractivity contribution in [2.45, 2.75) is 57.2 Å². The van der Waals surface area contributed by atoms with Crippen molar-refractivity contribution in [1.82, 2.24) is 29.9 Å². The van der Waals surface area contributed by atoms with Crippen LogP contribution < -0.4 is 20.5 Å². The lowest BCUT2D eigenvalue weighted by Gasteiger charge is -2.30. The minimum absolute atomic E-state index is 0.0601. The molecule has 0 spiro atoms. The van der Waals surface area contributed by atoms with E-state index in [-0.39, 0.29) is 37.5 Å². The molecule has 0 amide bonds. The smallest absolute Gasteiger partial charge is 0.423 e. The zero-order valence-corrected chi connectivity index (χ0v) is 25.2. The van der Waals surface area contributed by atoms with Crippen molar-refractivity contribution in [3.63, 3.8) is 0 Å². The Labute approximate surface area is 263 Å². The third kappa shape index (κ3) is 8.35. The molecule has 4 heterocycles. The van der Waals surface area contributed by atoms with Crippen LogP contribution in [0.5, 0.6) is 5.75 Å². The number of benzene rings is 1. The minimum atomic E-state index is -4.94. The average molecular weight is 669 g/mol. The van der Waals surface area contributed by atoms with Crippen LogP contribution in [0.4, 0.5) is 38.0 Å². The summed E-state index contributed by atoms with van der Waals surface area (Å²) in [6.45, 7) is 2.20. The summed E-state index contributed by atoms with van der Waals surface area (Å²) in [5, 5.41) is 10.6. The average Bonchev–Trinajstić information content (AvgIpc) is 3.51. The second kappa shape index (κ2) is 13.9. The molecule has 47 heavy (non-hydrogen) atoms. The number of hydrogen-bond acceptors (Lipinski definition) is 11. The van der Waals surface area contributed by atoms with Gasteiger partial charge in [-0.3, -0.25) is 4.79 Å². The number of alkyl halides is 6. The van der Waals surface area contributed by atoms with Crippen molar-refractivity contribution < 1.29 is 40.3 Å². The zero-order valence-electron chi connectivity index (χ0n) is 25.2. The summed E-state index contributed by atoms with van der Waals surface area (Å²) < 4.78 is 96.9. The summed E-state index contributed by atoms with van der Waals surface area (Å²) in [5.74, 6) is 1.31. The molecule has 3 aromatic heterocycles. The molecule has 0 radical (unpaired) electrons. The van der Waals surface area contributed by atoms with Gasteiger partial charge in [-0.15, -0.1) is 0 Å². The molecule has 0 bridgehead atoms. The number of rotatable bonds is 11. The van der Waals surface area contributed by atoms with E-state index in [1.807, 2.05) is 0 Å². The first-order chi connectivity index (χ1) is 22.3. The van der Waals surface area contributed by atoms with Crippen molar-refractivity contribution >= 4 is 11.6 Å². The fourth-order valence-electron chi connectivity index (χ4n) is 4.98. The Hall–Kier alpha value is -4.74. The summed E-state index contributed by atoms with van der Waals surface area (Å²) in [6.07, 6.45) is -5.82. The van der Waals surface area contributed by atoms with Gasteiger partial charge in [0.1, 0.15) is 17.9 Å². The number of nitrogens with one attached hydrogen (secondary N) is 1. The van der Waals surface area contributed by atoms with Crippen molar-refractivity contribution in [3.05, 3.63) is 81.6 Å². The van der Waals surface area contributed by atoms with Crippen molar-refractivity contribution in [1.29, 1.82) is 0 Å². The Bertz CT molecular complexity index is 1690. The molecular formula is C29H30F6N8O4. The van der Waals surface area contributed by atoms with Gasteiger partial charge in [0.25, 0.3) is 11.4 Å². The maximum absolute atomic E-state index is 14.0. The van der Waals surface area contributed by atoms with Crippen LogP contribution in [0.25, 0.3) is 0 Å². The zero-order chi connectivity index (χ0) is 33.8. The summed E-state index contributed by atoms with van der Waals surface area (Å²) in [6, 6.07) is 5.86. The van der Waals surface area contributed by atoms with Crippen LogP contribution in [-0.2, 0) is 30.2 Å². The normalized spacial score (nSPS) is 15.1. The van der Waals surface area contributed by atoms with Crippen molar-refractivity contribution in [3.8, 4) is 5.75 Å². The highest BCUT2D eigenvalue weighted by molar-refractivity contribution is 5.50. The monoisotopic (exact) mass is 668 g/mol. The number of piperidine rings is 1. The predicted octanol–water partition coefficient (Wildman–Crippen LogP) is 4.91. The quantitative estimate of drug-likeness (QED) is 0.219. The number of aromatic nitrogens is 6. The van der Waals surface area contributed by atoms with Gasteiger partial charge in [-0.2, -0.15) is 36.4 Å². The van der Waals surface area contributed by atoms with E-state index < -0.39 is 40.8 Å². The second-order valence-corrected chi connectivity index (χ2v) is 10.9. The lowest BCUT2D eigenvalue weighted by atomic mass is 9.96. The summed E-state index contributed by atoms with van der Waals surface area (Å²) in [4.78, 5) is 26.6. The Morgan fingerprint density at radius 2 is 1.70 bits per heavy atom. The molecule has 4 aromatic rings. The van der Waals surface area contributed by atoms with Gasteiger partial charge in [0.05, 0.1) is 37.7 Å². The van der Waals surface area contributed by atoms with E-state index in [4.69, 9.17) is 14.0 Å². The molecule has 1 atom stereocenters. The van der Waals surface area contributed by atoms with Crippen LogP contribution in [0.3, 0.4) is 0 Å². The van der Waals surface area contributed by atoms with Gasteiger partial charge < -0.3 is 24.2 Å². The number of methoxy groups -OCH3 is 1. The Balaban J connectivity index is 1.12. The van der Waals surface area contributed by atoms with E-state index in [0.717, 1.165) is 23.3 Å². The largest absolute Gasteiger partial charge is 0.497 e. The van der Waals surface area contributed by atoms with E-state index in [1.165, 1.54) is 7.11 Å². The Morgan fingerprint density at radius 3 is 2.32 bits per heavy atom. The molecule has 1 N–H and O–H groups in total. The van der Waals surface area contributed by atoms with Crippen molar-refractivity contribution in [2.75, 3.05) is 37.0 Å². The fourth-order valence-corrected chi connectivity index (χ4v) is 4.98. The molecule has 0 saturated carbocycles. The van der Waals surface area contributed by atoms with Crippen molar-refractivity contribution in [2.24, 2.45) is 0 Å². The molecule has 18 heteroatoms. The molecule has 1 aliphatic rings. The highest BCUT2D eigenvalue weighted by Gasteiger charge is 2.38. The Morgan fingerprint density at radius 1 is 1.02 bits per heavy atom. The van der Waals surface area contributed by atoms with E-state index in [2.05, 4.69) is 30.5 Å². The van der Waals surface area contributed by atoms with Gasteiger partial charge in [0, 0.05) is 37.4 Å². The SMILES string of the molecule is COc1ccc(Cn2ncc(N[C@@H](C)COCc3nc(C4CCN(c5ncc(C(F)(F)F)cn5)CC4)no3)c(C(F)(F)F)c2=O)cc1. The number of anilines is 2. The van der Waals surface area contributed by atoms with E-state index >= 15 is 0 Å². The first kappa shape index (κ1) is 33.6. The molecular weight excluding hydrogens is 638 g/mol. The molecule has 0 unspecified atom stereocenters. The maximum atomic E-state index is 14.0. The molecule has 1 aromatic carbocycles. The van der Waals surface area contributed by atoms with Gasteiger partial charge in [-0.25, -0.2) is 14.6 Å². The van der Waals surface area contributed by atoms with Crippen LogP contribution in [0, 0.1) is 0 Å². The summed E-state index contributed by atoms with van der Waals surface area (Å²) in [5.41, 5.74) is -3.49. The van der Waals surface area contributed by atoms with Gasteiger partial charge in [-0.1, -0.05) is 17.3 Å². The van der Waals surface area contributed by atoms with E-state index in [0.29, 0.717) is 43.1 Å². The summed E-state index contributed by atoms with van der Waals surface area (Å²) >= 11 is 0. The topological polar surface area (TPSA) is 133 Å². The van der Waals surface area contributed by atoms with Crippen LogP contribution >= 0.6 is 0 Å². The summed E-state index contributed by atoms with van der Waals surface area (Å²) in [7, 11) is 1.48. The molecule has 1 saturated heterocycles. The highest BCUT2D eigenvalue weighted by atomic mass is 19.4. The molecule has 5 rings (SSSR count). The van der Waals surface area contributed by atoms with E-state index in [9.17, 15) is 31.1 Å². The Kier molecular flexibility index (Phi) is 9.97. The van der Waals surface area contributed by atoms with Gasteiger partial charge in [-0.05, 0) is 37.5 Å². The van der Waals surface area contributed by atoms with Crippen LogP contribution in [0.15, 0.2) is 52.2 Å². The number of nitrogens with zero attached hydrogens (tertiary/aromatic N) is 7. The lowest BCUT2D eigenvalue weighted by molar-refractivity contribution is -0.139. The van der Waals surface area contributed by atoms with Crippen LogP contribution in [0.2, 0.25) is 0 Å². The lowest BCUT2D eigenvalue weighted by Crippen LogP contribution is -2.34. The third-order valence-corrected chi connectivity index (χ3v) is 7.41. The van der Waals surface area contributed by atoms with Crippen LogP contribution in [0.1, 0.15) is 54.1 Å². The molecule has 1 aliphatic heterocycles. The van der Waals surface area contributed by atoms with Gasteiger partial charge in [0.15, 0.2) is 5.82 Å². The standard InChI is InChI=1S/C29H30F6N8O4/c1-17(39-22-13-38-43(26(44)24(22)29(33,34)35)14-18-3-5-21(45-2)6-4-18)15-46-16-23-40-25(41-47-23)19-7-9-42(10-8-19)27-36-11-20(12-37-27)28(30,31)32/h3-6,11-13,17,19,39H,7-10,14-16H2,1-2H3/t17-/m0/s1. The first-order valence-electron chi connectivity index (χ1n) is 14.4. The highest BCUT2D eigenvalue weighted by Crippen LogP contribution is 2.33. The van der Waals surface area contributed by atoms with E-state index in [1.54, 1.807) is 36.1 Å². The number of halogens is 6. The predicted molar refractivity (Wildman–Crippen MR) is 154 cm³/mol. The molecule has 1 fully saturated rings. The van der Waals surface area contributed by atoms with Gasteiger partial charge >= 0.3 is 12.4 Å². The molecule has 12 nitrogen and oxygen atoms in total. The maximum Gasteiger partial charge on any atom is 0.423 e. The molecule has 252 valence electrons. The minimum Gasteiger partial charge on any atom is -0.497 e. The molecule has 0 aliphatic carbocycles. The van der Waals surface area contributed by atoms with Crippen LogP contribution in [-0.4, -0.2) is 62.7 Å². The fraction of sp³-hybridized carbons (Fsp3) is 0.448. The third-order valence-electron chi connectivity index (χ3n) is 7.41.